The van der Waals surface area contributed by atoms with Crippen molar-refractivity contribution in [2.75, 3.05) is 30.8 Å². The number of ether oxygens (including phenoxy) is 1. The van der Waals surface area contributed by atoms with Gasteiger partial charge in [0, 0.05) is 29.6 Å². The van der Waals surface area contributed by atoms with E-state index in [0.717, 1.165) is 21.7 Å². The Bertz CT molecular complexity index is 1400. The second kappa shape index (κ2) is 14.4. The molecule has 0 saturated carbocycles. The molecule has 1 atom stereocenters. The van der Waals surface area contributed by atoms with E-state index in [0.29, 0.717) is 18.0 Å². The van der Waals surface area contributed by atoms with Gasteiger partial charge in [0.05, 0.1) is 19.1 Å². The first-order chi connectivity index (χ1) is 19.0. The lowest BCUT2D eigenvalue weighted by Gasteiger charge is -2.33. The summed E-state index contributed by atoms with van der Waals surface area (Å²) in [5.41, 5.74) is 1.70. The fraction of sp³-hybridized carbons (Fsp3) is 0.310. The van der Waals surface area contributed by atoms with Crippen molar-refractivity contribution in [2.45, 2.75) is 32.4 Å². The zero-order chi connectivity index (χ0) is 29.3. The Kier molecular flexibility index (Phi) is 11.2. The number of anilines is 1. The fourth-order valence-electron chi connectivity index (χ4n) is 4.16. The summed E-state index contributed by atoms with van der Waals surface area (Å²) in [5.74, 6) is -0.678. The lowest BCUT2D eigenvalue weighted by molar-refractivity contribution is -0.140. The number of nitrogens with zero attached hydrogens (tertiary/aromatic N) is 2. The standard InChI is InChI=1S/C29H33Cl2N3O5S/c1-4-16-32-29(36)26(17-21-8-6-5-7-9-21)33(19-22-10-12-23(30)13-11-22)28(35)20-34(40(3,37)38)25-18-24(31)14-15-27(25)39-2/h5-15,18,26H,4,16-17,19-20H2,1-3H3,(H,32,36)/t26-/m1/s1. The molecule has 0 unspecified atom stereocenters. The van der Waals surface area contributed by atoms with Crippen molar-refractivity contribution >= 4 is 50.7 Å². The first-order valence-electron chi connectivity index (χ1n) is 12.7. The molecule has 0 heterocycles. The average Bonchev–Trinajstić information content (AvgIpc) is 2.93. The molecule has 0 aliphatic carbocycles. The molecule has 0 aliphatic heterocycles. The molecule has 3 aromatic carbocycles. The van der Waals surface area contributed by atoms with Crippen LogP contribution in [0.15, 0.2) is 72.8 Å². The van der Waals surface area contributed by atoms with Gasteiger partial charge in [-0.05, 0) is 47.9 Å². The van der Waals surface area contributed by atoms with Crippen molar-refractivity contribution in [1.82, 2.24) is 10.2 Å². The van der Waals surface area contributed by atoms with Gasteiger partial charge >= 0.3 is 0 Å². The Hall–Kier alpha value is -3.27. The highest BCUT2D eigenvalue weighted by Crippen LogP contribution is 2.33. The molecule has 40 heavy (non-hydrogen) atoms. The molecule has 3 rings (SSSR count). The van der Waals surface area contributed by atoms with E-state index in [2.05, 4.69) is 5.32 Å². The second-order valence-electron chi connectivity index (χ2n) is 9.23. The molecule has 0 fully saturated rings. The Morgan fingerprint density at radius 3 is 2.20 bits per heavy atom. The summed E-state index contributed by atoms with van der Waals surface area (Å²) in [6, 6.07) is 19.9. The number of rotatable bonds is 13. The summed E-state index contributed by atoms with van der Waals surface area (Å²) in [5, 5.41) is 3.70. The number of nitrogens with one attached hydrogen (secondary N) is 1. The van der Waals surface area contributed by atoms with Crippen LogP contribution in [-0.2, 0) is 32.6 Å². The Labute approximate surface area is 245 Å². The fourth-order valence-corrected chi connectivity index (χ4v) is 5.30. The van der Waals surface area contributed by atoms with E-state index in [-0.39, 0.29) is 35.3 Å². The van der Waals surface area contributed by atoms with Crippen molar-refractivity contribution in [3.8, 4) is 5.75 Å². The third-order valence-electron chi connectivity index (χ3n) is 6.18. The number of amides is 2. The molecule has 11 heteroatoms. The highest BCUT2D eigenvalue weighted by Gasteiger charge is 2.33. The normalized spacial score (nSPS) is 11.9. The van der Waals surface area contributed by atoms with Crippen LogP contribution in [0.5, 0.6) is 5.75 Å². The molecular weight excluding hydrogens is 573 g/mol. The van der Waals surface area contributed by atoms with Crippen molar-refractivity contribution < 1.29 is 22.7 Å². The molecule has 1 N–H and O–H groups in total. The Balaban J connectivity index is 2.08. The van der Waals surface area contributed by atoms with Gasteiger partial charge in [-0.2, -0.15) is 0 Å². The topological polar surface area (TPSA) is 96.0 Å². The number of sulfonamides is 1. The molecule has 0 radical (unpaired) electrons. The van der Waals surface area contributed by atoms with Crippen molar-refractivity contribution in [2.24, 2.45) is 0 Å². The number of benzene rings is 3. The van der Waals surface area contributed by atoms with Gasteiger partial charge < -0.3 is 15.0 Å². The van der Waals surface area contributed by atoms with Crippen LogP contribution in [0.25, 0.3) is 0 Å². The second-order valence-corrected chi connectivity index (χ2v) is 12.0. The quantitative estimate of drug-likeness (QED) is 0.298. The minimum atomic E-state index is -3.96. The number of carbonyl (C=O) groups excluding carboxylic acids is 2. The van der Waals surface area contributed by atoms with E-state index in [9.17, 15) is 18.0 Å². The number of methoxy groups -OCH3 is 1. The van der Waals surface area contributed by atoms with Gasteiger partial charge in [-0.15, -0.1) is 0 Å². The predicted molar refractivity (Wildman–Crippen MR) is 159 cm³/mol. The van der Waals surface area contributed by atoms with Gasteiger partial charge in [-0.1, -0.05) is 72.6 Å². The van der Waals surface area contributed by atoms with Crippen molar-refractivity contribution in [3.63, 3.8) is 0 Å². The predicted octanol–water partition coefficient (Wildman–Crippen LogP) is 4.93. The van der Waals surface area contributed by atoms with Gasteiger partial charge in [0.15, 0.2) is 0 Å². The SMILES string of the molecule is CCCNC(=O)[C@@H](Cc1ccccc1)N(Cc1ccc(Cl)cc1)C(=O)CN(c1cc(Cl)ccc1OC)S(C)(=O)=O. The molecule has 2 amide bonds. The van der Waals surface area contributed by atoms with Crippen LogP contribution in [0.2, 0.25) is 10.0 Å². The van der Waals surface area contributed by atoms with Crippen LogP contribution in [0.4, 0.5) is 5.69 Å². The smallest absolute Gasteiger partial charge is 0.244 e. The zero-order valence-electron chi connectivity index (χ0n) is 22.6. The van der Waals surface area contributed by atoms with E-state index in [1.54, 1.807) is 30.3 Å². The molecule has 214 valence electrons. The summed E-state index contributed by atoms with van der Waals surface area (Å²) in [4.78, 5) is 29.0. The maximum atomic E-state index is 14.1. The van der Waals surface area contributed by atoms with Gasteiger partial charge in [0.2, 0.25) is 21.8 Å². The van der Waals surface area contributed by atoms with Crippen LogP contribution in [-0.4, -0.2) is 57.6 Å². The largest absolute Gasteiger partial charge is 0.495 e. The van der Waals surface area contributed by atoms with Gasteiger partial charge in [0.25, 0.3) is 0 Å². The molecular formula is C29H33Cl2N3O5S. The van der Waals surface area contributed by atoms with E-state index in [4.69, 9.17) is 27.9 Å². The number of hydrogen-bond donors (Lipinski definition) is 1. The van der Waals surface area contributed by atoms with Gasteiger partial charge in [-0.25, -0.2) is 8.42 Å². The van der Waals surface area contributed by atoms with Crippen LogP contribution >= 0.6 is 23.2 Å². The summed E-state index contributed by atoms with van der Waals surface area (Å²) in [6.07, 6.45) is 1.94. The maximum absolute atomic E-state index is 14.1. The third-order valence-corrected chi connectivity index (χ3v) is 7.79. The molecule has 0 aromatic heterocycles. The summed E-state index contributed by atoms with van der Waals surface area (Å²) >= 11 is 12.3. The molecule has 0 spiro atoms. The first-order valence-corrected chi connectivity index (χ1v) is 15.3. The minimum absolute atomic E-state index is 0.0529. The Morgan fingerprint density at radius 2 is 1.60 bits per heavy atom. The number of carbonyl (C=O) groups is 2. The van der Waals surface area contributed by atoms with E-state index < -0.39 is 28.5 Å². The zero-order valence-corrected chi connectivity index (χ0v) is 25.0. The Morgan fingerprint density at radius 1 is 0.950 bits per heavy atom. The molecule has 0 aliphatic rings. The third kappa shape index (κ3) is 8.61. The minimum Gasteiger partial charge on any atom is -0.495 e. The molecule has 0 saturated heterocycles. The number of hydrogen-bond acceptors (Lipinski definition) is 5. The van der Waals surface area contributed by atoms with Crippen LogP contribution in [0.3, 0.4) is 0 Å². The first kappa shape index (κ1) is 31.3. The van der Waals surface area contributed by atoms with E-state index >= 15 is 0 Å². The summed E-state index contributed by atoms with van der Waals surface area (Å²) < 4.78 is 32.2. The van der Waals surface area contributed by atoms with Crippen LogP contribution in [0.1, 0.15) is 24.5 Å². The van der Waals surface area contributed by atoms with Gasteiger partial charge in [0.1, 0.15) is 18.3 Å². The van der Waals surface area contributed by atoms with Crippen molar-refractivity contribution in [3.05, 3.63) is 94.0 Å². The maximum Gasteiger partial charge on any atom is 0.244 e. The highest BCUT2D eigenvalue weighted by atomic mass is 35.5. The van der Waals surface area contributed by atoms with Gasteiger partial charge in [-0.3, -0.25) is 13.9 Å². The van der Waals surface area contributed by atoms with E-state index in [1.807, 2.05) is 37.3 Å². The lowest BCUT2D eigenvalue weighted by Crippen LogP contribution is -2.53. The monoisotopic (exact) mass is 605 g/mol. The summed E-state index contributed by atoms with van der Waals surface area (Å²) in [6.45, 7) is 1.85. The van der Waals surface area contributed by atoms with Crippen molar-refractivity contribution in [1.29, 1.82) is 0 Å². The highest BCUT2D eigenvalue weighted by molar-refractivity contribution is 7.92. The molecule has 0 bridgehead atoms. The average molecular weight is 607 g/mol. The number of halogens is 2. The van der Waals surface area contributed by atoms with Crippen LogP contribution < -0.4 is 14.4 Å². The van der Waals surface area contributed by atoms with Crippen LogP contribution in [0, 0.1) is 0 Å². The molecule has 3 aromatic rings. The lowest BCUT2D eigenvalue weighted by atomic mass is 10.0. The summed E-state index contributed by atoms with van der Waals surface area (Å²) in [7, 11) is -2.57. The molecule has 8 nitrogen and oxygen atoms in total. The van der Waals surface area contributed by atoms with E-state index in [1.165, 1.54) is 24.1 Å².